The average Bonchev–Trinajstić information content (AvgIpc) is 3.35. The SMILES string of the molecule is COc1cc(/C=C2\SC(=S)N(CCC(=O)Nc3nnc(C)s3)C2=O)ccc1OC1CCCCC1. The molecule has 34 heavy (non-hydrogen) atoms. The van der Waals surface area contributed by atoms with Crippen LogP contribution < -0.4 is 14.8 Å². The fraction of sp³-hybridized carbons (Fsp3) is 0.435. The maximum Gasteiger partial charge on any atom is 0.266 e. The number of hydrogen-bond acceptors (Lipinski definition) is 9. The van der Waals surface area contributed by atoms with Crippen molar-refractivity contribution in [2.75, 3.05) is 19.0 Å². The van der Waals surface area contributed by atoms with Gasteiger partial charge in [-0.3, -0.25) is 14.5 Å². The van der Waals surface area contributed by atoms with Crippen LogP contribution in [0.15, 0.2) is 23.1 Å². The predicted octanol–water partition coefficient (Wildman–Crippen LogP) is 4.80. The van der Waals surface area contributed by atoms with Gasteiger partial charge in [-0.25, -0.2) is 0 Å². The van der Waals surface area contributed by atoms with Gasteiger partial charge in [0.25, 0.3) is 5.91 Å². The molecule has 0 atom stereocenters. The third-order valence-corrected chi connectivity index (χ3v) is 7.67. The summed E-state index contributed by atoms with van der Waals surface area (Å²) in [5, 5.41) is 11.6. The minimum absolute atomic E-state index is 0.110. The fourth-order valence-electron chi connectivity index (χ4n) is 3.82. The van der Waals surface area contributed by atoms with Crippen LogP contribution in [0.25, 0.3) is 6.08 Å². The van der Waals surface area contributed by atoms with Gasteiger partial charge in [-0.2, -0.15) is 0 Å². The van der Waals surface area contributed by atoms with E-state index >= 15 is 0 Å². The number of amides is 2. The number of aryl methyl sites for hydroxylation is 1. The average molecular weight is 519 g/mol. The Labute approximate surface area is 212 Å². The highest BCUT2D eigenvalue weighted by Gasteiger charge is 2.32. The zero-order chi connectivity index (χ0) is 24.1. The molecule has 2 heterocycles. The van der Waals surface area contributed by atoms with Gasteiger partial charge < -0.3 is 14.8 Å². The topological polar surface area (TPSA) is 93.6 Å². The first kappa shape index (κ1) is 24.6. The van der Waals surface area contributed by atoms with Crippen LogP contribution in [-0.4, -0.2) is 51.0 Å². The zero-order valence-corrected chi connectivity index (χ0v) is 21.5. The third-order valence-electron chi connectivity index (χ3n) is 5.54. The highest BCUT2D eigenvalue weighted by atomic mass is 32.2. The summed E-state index contributed by atoms with van der Waals surface area (Å²) in [6.45, 7) is 2.01. The van der Waals surface area contributed by atoms with E-state index in [0.717, 1.165) is 29.2 Å². The Bertz CT molecular complexity index is 1110. The summed E-state index contributed by atoms with van der Waals surface area (Å²) in [5.41, 5.74) is 0.817. The number of hydrogen-bond donors (Lipinski definition) is 1. The highest BCUT2D eigenvalue weighted by Crippen LogP contribution is 2.36. The van der Waals surface area contributed by atoms with Crippen LogP contribution in [0.1, 0.15) is 49.1 Å². The number of ether oxygens (including phenoxy) is 2. The summed E-state index contributed by atoms with van der Waals surface area (Å²) in [5.74, 6) is 0.901. The molecule has 1 saturated carbocycles. The van der Waals surface area contributed by atoms with Crippen molar-refractivity contribution in [3.05, 3.63) is 33.7 Å². The van der Waals surface area contributed by atoms with Crippen LogP contribution in [0.5, 0.6) is 11.5 Å². The van der Waals surface area contributed by atoms with Crippen molar-refractivity contribution in [2.24, 2.45) is 0 Å². The first-order valence-corrected chi connectivity index (χ1v) is 13.2. The highest BCUT2D eigenvalue weighted by molar-refractivity contribution is 8.26. The molecule has 0 unspecified atom stereocenters. The Balaban J connectivity index is 1.38. The van der Waals surface area contributed by atoms with Gasteiger partial charge in [0.05, 0.1) is 18.1 Å². The molecule has 2 aromatic rings. The molecule has 1 N–H and O–H groups in total. The minimum atomic E-state index is -0.243. The molecule has 2 fully saturated rings. The number of benzene rings is 1. The molecule has 11 heteroatoms. The van der Waals surface area contributed by atoms with Crippen molar-refractivity contribution in [1.82, 2.24) is 15.1 Å². The summed E-state index contributed by atoms with van der Waals surface area (Å²) in [7, 11) is 1.61. The summed E-state index contributed by atoms with van der Waals surface area (Å²) in [6, 6.07) is 5.66. The Hall–Kier alpha value is -2.50. The molecule has 180 valence electrons. The number of nitrogens with one attached hydrogen (secondary N) is 1. The molecule has 0 radical (unpaired) electrons. The van der Waals surface area contributed by atoms with E-state index in [4.69, 9.17) is 21.7 Å². The summed E-state index contributed by atoms with van der Waals surface area (Å²) in [4.78, 5) is 27.1. The zero-order valence-electron chi connectivity index (χ0n) is 19.0. The number of thiocarbonyl (C=S) groups is 1. The van der Waals surface area contributed by atoms with E-state index in [1.54, 1.807) is 13.2 Å². The number of anilines is 1. The lowest BCUT2D eigenvalue weighted by atomic mass is 9.98. The van der Waals surface area contributed by atoms with E-state index in [0.29, 0.717) is 20.1 Å². The molecule has 0 bridgehead atoms. The standard InChI is InChI=1S/C23H26N4O4S3/c1-14-25-26-22(33-14)24-20(28)10-11-27-21(29)19(34-23(27)32)13-15-8-9-17(18(12-15)30-2)31-16-6-4-3-5-7-16/h8-9,12-13,16H,3-7,10-11H2,1-2H3,(H,24,26,28)/b19-13-. The van der Waals surface area contributed by atoms with Crippen LogP contribution in [-0.2, 0) is 9.59 Å². The number of carbonyl (C=O) groups is 2. The molecule has 4 rings (SSSR count). The molecule has 1 saturated heterocycles. The summed E-state index contributed by atoms with van der Waals surface area (Å²) in [6.07, 6.45) is 7.89. The van der Waals surface area contributed by atoms with Crippen LogP contribution in [0.3, 0.4) is 0 Å². The van der Waals surface area contributed by atoms with Gasteiger partial charge in [0.1, 0.15) is 9.33 Å². The molecule has 1 aromatic heterocycles. The lowest BCUT2D eigenvalue weighted by molar-refractivity contribution is -0.122. The second-order valence-corrected chi connectivity index (χ2v) is 10.9. The van der Waals surface area contributed by atoms with E-state index < -0.39 is 0 Å². The largest absolute Gasteiger partial charge is 0.493 e. The van der Waals surface area contributed by atoms with Gasteiger partial charge in [0.15, 0.2) is 11.5 Å². The molecular formula is C23H26N4O4S3. The van der Waals surface area contributed by atoms with Crippen molar-refractivity contribution >= 4 is 62.7 Å². The number of aromatic nitrogens is 2. The van der Waals surface area contributed by atoms with E-state index in [9.17, 15) is 9.59 Å². The quantitative estimate of drug-likeness (QED) is 0.394. The number of methoxy groups -OCH3 is 1. The smallest absolute Gasteiger partial charge is 0.266 e. The number of carbonyl (C=O) groups excluding carboxylic acids is 2. The molecule has 1 aromatic carbocycles. The predicted molar refractivity (Wildman–Crippen MR) is 138 cm³/mol. The first-order valence-electron chi connectivity index (χ1n) is 11.1. The Morgan fingerprint density at radius 1 is 1.26 bits per heavy atom. The van der Waals surface area contributed by atoms with Crippen LogP contribution >= 0.6 is 35.3 Å². The number of nitrogens with zero attached hydrogens (tertiary/aromatic N) is 3. The Morgan fingerprint density at radius 2 is 2.06 bits per heavy atom. The van der Waals surface area contributed by atoms with Gasteiger partial charge in [-0.05, 0) is 56.4 Å². The molecule has 1 aliphatic heterocycles. The molecule has 8 nitrogen and oxygen atoms in total. The maximum atomic E-state index is 12.9. The Morgan fingerprint density at radius 3 is 2.76 bits per heavy atom. The molecular weight excluding hydrogens is 492 g/mol. The second kappa shape index (κ2) is 11.3. The van der Waals surface area contributed by atoms with Crippen LogP contribution in [0.2, 0.25) is 0 Å². The van der Waals surface area contributed by atoms with Crippen molar-refractivity contribution in [3.63, 3.8) is 0 Å². The number of thioether (sulfide) groups is 1. The minimum Gasteiger partial charge on any atom is -0.493 e. The maximum absolute atomic E-state index is 12.9. The van der Waals surface area contributed by atoms with Gasteiger partial charge in [0, 0.05) is 13.0 Å². The summed E-state index contributed by atoms with van der Waals surface area (Å²) < 4.78 is 12.1. The molecule has 0 spiro atoms. The van der Waals surface area contributed by atoms with Gasteiger partial charge in [0.2, 0.25) is 11.0 Å². The van der Waals surface area contributed by atoms with Crippen LogP contribution in [0.4, 0.5) is 5.13 Å². The van der Waals surface area contributed by atoms with E-state index in [-0.39, 0.29) is 30.9 Å². The monoisotopic (exact) mass is 518 g/mol. The van der Waals surface area contributed by atoms with Gasteiger partial charge in [-0.15, -0.1) is 10.2 Å². The molecule has 2 amide bonds. The van der Waals surface area contributed by atoms with Crippen molar-refractivity contribution in [2.45, 2.75) is 51.6 Å². The van der Waals surface area contributed by atoms with Crippen molar-refractivity contribution in [3.8, 4) is 11.5 Å². The van der Waals surface area contributed by atoms with E-state index in [2.05, 4.69) is 15.5 Å². The van der Waals surface area contributed by atoms with Gasteiger partial charge >= 0.3 is 0 Å². The normalized spacial score (nSPS) is 17.9. The summed E-state index contributed by atoms with van der Waals surface area (Å²) >= 11 is 7.91. The third kappa shape index (κ3) is 6.13. The number of rotatable bonds is 8. The second-order valence-electron chi connectivity index (χ2n) is 8.05. The van der Waals surface area contributed by atoms with E-state index in [1.165, 1.54) is 47.3 Å². The van der Waals surface area contributed by atoms with E-state index in [1.807, 2.05) is 25.1 Å². The lowest BCUT2D eigenvalue weighted by Gasteiger charge is -2.24. The fourth-order valence-corrected chi connectivity index (χ4v) is 5.74. The molecule has 2 aliphatic rings. The van der Waals surface area contributed by atoms with Crippen LogP contribution in [0, 0.1) is 6.92 Å². The lowest BCUT2D eigenvalue weighted by Crippen LogP contribution is -2.31. The van der Waals surface area contributed by atoms with Gasteiger partial charge in [-0.1, -0.05) is 47.8 Å². The van der Waals surface area contributed by atoms with Crippen molar-refractivity contribution in [1.29, 1.82) is 0 Å². The molecule has 1 aliphatic carbocycles. The first-order chi connectivity index (χ1) is 16.4. The van der Waals surface area contributed by atoms with Crippen molar-refractivity contribution < 1.29 is 19.1 Å². The Kier molecular flexibility index (Phi) is 8.17.